The van der Waals surface area contributed by atoms with Crippen LogP contribution in [0.2, 0.25) is 0 Å². The lowest BCUT2D eigenvalue weighted by Gasteiger charge is -2.27. The Labute approximate surface area is 179 Å². The zero-order valence-corrected chi connectivity index (χ0v) is 18.1. The zero-order valence-electron chi connectivity index (χ0n) is 17.2. The van der Waals surface area contributed by atoms with Gasteiger partial charge in [0.1, 0.15) is 5.82 Å². The van der Waals surface area contributed by atoms with Crippen LogP contribution < -0.4 is 15.0 Å². The normalized spacial score (nSPS) is 16.3. The van der Waals surface area contributed by atoms with E-state index in [1.54, 1.807) is 25.6 Å². The van der Waals surface area contributed by atoms with Crippen molar-refractivity contribution in [1.82, 2.24) is 14.9 Å². The van der Waals surface area contributed by atoms with Crippen molar-refractivity contribution in [3.8, 4) is 21.9 Å². The first kappa shape index (κ1) is 19.3. The Morgan fingerprint density at radius 2 is 2.00 bits per heavy atom. The smallest absolute Gasteiger partial charge is 0.255 e. The molecule has 30 heavy (non-hydrogen) atoms. The zero-order chi connectivity index (χ0) is 20.7. The molecule has 0 amide bonds. The molecule has 0 unspecified atom stereocenters. The molecule has 2 aromatic heterocycles. The first-order valence-electron chi connectivity index (χ1n) is 10.3. The fourth-order valence-corrected chi connectivity index (χ4v) is 5.06. The van der Waals surface area contributed by atoms with E-state index in [1.165, 1.54) is 9.75 Å². The highest BCUT2D eigenvalue weighted by atomic mass is 32.1. The highest BCUT2D eigenvalue weighted by Crippen LogP contribution is 2.38. The largest absolute Gasteiger partial charge is 0.493 e. The minimum Gasteiger partial charge on any atom is -0.493 e. The first-order valence-corrected chi connectivity index (χ1v) is 11.1. The highest BCUT2D eigenvalue weighted by molar-refractivity contribution is 7.15. The number of nitrogens with one attached hydrogen (secondary N) is 1. The third-order valence-corrected chi connectivity index (χ3v) is 6.96. The van der Waals surface area contributed by atoms with Crippen molar-refractivity contribution in [2.75, 3.05) is 20.8 Å². The van der Waals surface area contributed by atoms with E-state index >= 15 is 0 Å². The third-order valence-electron chi connectivity index (χ3n) is 5.84. The minimum atomic E-state index is 0.0452. The first-order chi connectivity index (χ1) is 14.6. The molecule has 0 radical (unpaired) electrons. The molecule has 1 aliphatic heterocycles. The van der Waals surface area contributed by atoms with E-state index in [0.717, 1.165) is 66.5 Å². The fraction of sp³-hybridized carbons (Fsp3) is 0.391. The predicted octanol–water partition coefficient (Wildman–Crippen LogP) is 3.95. The average Bonchev–Trinajstić information content (AvgIpc) is 3.52. The molecular formula is C23H25N3O3S. The van der Waals surface area contributed by atoms with Crippen LogP contribution in [-0.2, 0) is 19.5 Å². The summed E-state index contributed by atoms with van der Waals surface area (Å²) in [5, 5.41) is 0. The molecule has 0 spiro atoms. The molecule has 0 bridgehead atoms. The number of nitrogens with zero attached hydrogens (tertiary/aromatic N) is 2. The van der Waals surface area contributed by atoms with Gasteiger partial charge in [-0.1, -0.05) is 0 Å². The van der Waals surface area contributed by atoms with Crippen molar-refractivity contribution in [3.63, 3.8) is 0 Å². The van der Waals surface area contributed by atoms with E-state index in [1.807, 2.05) is 12.1 Å². The van der Waals surface area contributed by atoms with Crippen LogP contribution in [0.3, 0.4) is 0 Å². The molecule has 0 atom stereocenters. The Balaban J connectivity index is 1.31. The molecule has 156 valence electrons. The van der Waals surface area contributed by atoms with Gasteiger partial charge in [-0.3, -0.25) is 9.69 Å². The van der Waals surface area contributed by atoms with Crippen molar-refractivity contribution in [3.05, 3.63) is 62.6 Å². The van der Waals surface area contributed by atoms with Crippen molar-refractivity contribution in [2.24, 2.45) is 0 Å². The van der Waals surface area contributed by atoms with Crippen LogP contribution in [0.25, 0.3) is 10.4 Å². The summed E-state index contributed by atoms with van der Waals surface area (Å²) in [4.78, 5) is 25.1. The van der Waals surface area contributed by atoms with E-state index in [4.69, 9.17) is 14.5 Å². The molecular weight excluding hydrogens is 398 g/mol. The summed E-state index contributed by atoms with van der Waals surface area (Å²) in [6.07, 6.45) is 3.14. The van der Waals surface area contributed by atoms with Gasteiger partial charge in [-0.25, -0.2) is 4.98 Å². The lowest BCUT2D eigenvalue weighted by molar-refractivity contribution is 0.243. The topological polar surface area (TPSA) is 67.5 Å². The molecule has 1 saturated carbocycles. The van der Waals surface area contributed by atoms with E-state index in [9.17, 15) is 4.79 Å². The summed E-state index contributed by atoms with van der Waals surface area (Å²) >= 11 is 1.77. The van der Waals surface area contributed by atoms with Crippen LogP contribution in [0.15, 0.2) is 35.1 Å². The van der Waals surface area contributed by atoms with Crippen LogP contribution in [0.5, 0.6) is 11.5 Å². The van der Waals surface area contributed by atoms with E-state index in [0.29, 0.717) is 12.5 Å². The molecule has 3 heterocycles. The second kappa shape index (κ2) is 7.89. The number of H-pyrrole nitrogens is 1. The van der Waals surface area contributed by atoms with Crippen molar-refractivity contribution >= 4 is 11.3 Å². The van der Waals surface area contributed by atoms with Crippen LogP contribution in [-0.4, -0.2) is 35.6 Å². The lowest BCUT2D eigenvalue weighted by Crippen LogP contribution is -2.35. The van der Waals surface area contributed by atoms with Crippen LogP contribution in [0, 0.1) is 0 Å². The molecule has 1 aliphatic carbocycles. The number of methoxy groups -OCH3 is 2. The van der Waals surface area contributed by atoms with Gasteiger partial charge < -0.3 is 14.5 Å². The maximum atomic E-state index is 12.6. The van der Waals surface area contributed by atoms with Gasteiger partial charge in [0, 0.05) is 41.7 Å². The van der Waals surface area contributed by atoms with Crippen LogP contribution in [0.1, 0.15) is 40.7 Å². The Bertz CT molecular complexity index is 1130. The number of hydrogen-bond donors (Lipinski definition) is 1. The van der Waals surface area contributed by atoms with Crippen molar-refractivity contribution in [2.45, 2.75) is 38.3 Å². The van der Waals surface area contributed by atoms with Crippen LogP contribution >= 0.6 is 11.3 Å². The van der Waals surface area contributed by atoms with Gasteiger partial charge in [-0.05, 0) is 48.7 Å². The number of benzene rings is 1. The van der Waals surface area contributed by atoms with Crippen LogP contribution in [0.4, 0.5) is 0 Å². The van der Waals surface area contributed by atoms with Gasteiger partial charge in [0.15, 0.2) is 11.5 Å². The van der Waals surface area contributed by atoms with Crippen molar-refractivity contribution < 1.29 is 9.47 Å². The highest BCUT2D eigenvalue weighted by Gasteiger charge is 2.29. The quantitative estimate of drug-likeness (QED) is 0.650. The molecule has 1 aromatic carbocycles. The number of aromatic amines is 1. The Hall–Kier alpha value is -2.64. The molecule has 5 rings (SSSR count). The Kier molecular flexibility index (Phi) is 5.08. The molecule has 0 saturated heterocycles. The number of fused-ring (bicyclic) bond motifs is 1. The van der Waals surface area contributed by atoms with Gasteiger partial charge in [-0.2, -0.15) is 0 Å². The molecule has 1 N–H and O–H groups in total. The summed E-state index contributed by atoms with van der Waals surface area (Å²) in [7, 11) is 3.30. The Morgan fingerprint density at radius 1 is 1.17 bits per heavy atom. The SMILES string of the molecule is COc1ccc(-c2ccc(CN3CCc4nc(C5CC5)[nH]c(=O)c4C3)s2)cc1OC. The predicted molar refractivity (Wildman–Crippen MR) is 118 cm³/mol. The van der Waals surface area contributed by atoms with Gasteiger partial charge in [0.05, 0.1) is 25.5 Å². The lowest BCUT2D eigenvalue weighted by atomic mass is 10.1. The van der Waals surface area contributed by atoms with E-state index in [-0.39, 0.29) is 5.56 Å². The molecule has 2 aliphatic rings. The molecule has 7 heteroatoms. The number of rotatable bonds is 6. The number of hydrogen-bond acceptors (Lipinski definition) is 6. The second-order valence-corrected chi connectivity index (χ2v) is 9.12. The second-order valence-electron chi connectivity index (χ2n) is 7.95. The average molecular weight is 424 g/mol. The van der Waals surface area contributed by atoms with E-state index < -0.39 is 0 Å². The molecule has 6 nitrogen and oxygen atoms in total. The monoisotopic (exact) mass is 423 g/mol. The van der Waals surface area contributed by atoms with Crippen molar-refractivity contribution in [1.29, 1.82) is 0 Å². The fourth-order valence-electron chi connectivity index (χ4n) is 4.01. The number of ether oxygens (including phenoxy) is 2. The third kappa shape index (κ3) is 3.75. The molecule has 1 fully saturated rings. The number of aromatic nitrogens is 2. The summed E-state index contributed by atoms with van der Waals surface area (Å²) in [5.41, 5.74) is 2.99. The van der Waals surface area contributed by atoms with Gasteiger partial charge in [0.2, 0.25) is 0 Å². The van der Waals surface area contributed by atoms with Gasteiger partial charge in [-0.15, -0.1) is 11.3 Å². The summed E-state index contributed by atoms with van der Waals surface area (Å²) in [5.74, 6) is 2.83. The maximum Gasteiger partial charge on any atom is 0.255 e. The maximum absolute atomic E-state index is 12.6. The summed E-state index contributed by atoms with van der Waals surface area (Å²) in [6, 6.07) is 10.3. The Morgan fingerprint density at radius 3 is 2.77 bits per heavy atom. The number of thiophene rings is 1. The van der Waals surface area contributed by atoms with E-state index in [2.05, 4.69) is 28.1 Å². The summed E-state index contributed by atoms with van der Waals surface area (Å²) < 4.78 is 10.8. The standard InChI is InChI=1S/C23H25N3O3S/c1-28-19-7-5-15(11-20(19)29-2)21-8-6-16(30-21)12-26-10-9-18-17(13-26)23(27)25-22(24-18)14-3-4-14/h5-8,11,14H,3-4,9-10,12-13H2,1-2H3,(H,24,25,27). The van der Waals surface area contributed by atoms with Gasteiger partial charge in [0.25, 0.3) is 5.56 Å². The van der Waals surface area contributed by atoms with Gasteiger partial charge >= 0.3 is 0 Å². The summed E-state index contributed by atoms with van der Waals surface area (Å²) in [6.45, 7) is 2.42. The molecule has 3 aromatic rings. The minimum absolute atomic E-state index is 0.0452.